The van der Waals surface area contributed by atoms with Gasteiger partial charge in [0.2, 0.25) is 0 Å². The largest absolute Gasteiger partial charge is 0.375 e. The van der Waals surface area contributed by atoms with Crippen molar-refractivity contribution in [2.45, 2.75) is 51.9 Å². The van der Waals surface area contributed by atoms with Gasteiger partial charge in [0.25, 0.3) is 0 Å². The van der Waals surface area contributed by atoms with Crippen molar-refractivity contribution in [3.05, 3.63) is 0 Å². The van der Waals surface area contributed by atoms with E-state index < -0.39 is 0 Å². The molecule has 0 aliphatic carbocycles. The van der Waals surface area contributed by atoms with E-state index in [9.17, 15) is 0 Å². The fourth-order valence-electron chi connectivity index (χ4n) is 1.59. The molecule has 2 atom stereocenters. The van der Waals surface area contributed by atoms with Crippen molar-refractivity contribution < 1.29 is 4.74 Å². The lowest BCUT2D eigenvalue weighted by Crippen LogP contribution is -2.40. The standard InChI is InChI=1S/C9H19NO/c1-7(2)11-9-4-5-10-8(3)6-9/h7-10H,4-6H2,1-3H3/t8-,9+/m0/s1. The minimum Gasteiger partial charge on any atom is -0.375 e. The number of hydrogen-bond donors (Lipinski definition) is 1. The Morgan fingerprint density at radius 2 is 2.18 bits per heavy atom. The first kappa shape index (κ1) is 9.01. The summed E-state index contributed by atoms with van der Waals surface area (Å²) in [5.41, 5.74) is 0. The van der Waals surface area contributed by atoms with Crippen LogP contribution < -0.4 is 5.32 Å². The monoisotopic (exact) mass is 157 g/mol. The van der Waals surface area contributed by atoms with Crippen LogP contribution >= 0.6 is 0 Å². The highest BCUT2D eigenvalue weighted by Crippen LogP contribution is 2.13. The molecule has 1 aliphatic heterocycles. The third-order valence-corrected chi connectivity index (χ3v) is 2.04. The van der Waals surface area contributed by atoms with E-state index in [4.69, 9.17) is 4.74 Å². The second kappa shape index (κ2) is 4.07. The minimum atomic E-state index is 0.380. The second-order valence-electron chi connectivity index (χ2n) is 3.69. The van der Waals surface area contributed by atoms with E-state index in [0.717, 1.165) is 13.0 Å². The molecule has 0 unspecified atom stereocenters. The molecule has 0 aromatic rings. The van der Waals surface area contributed by atoms with Crippen LogP contribution in [-0.4, -0.2) is 24.8 Å². The van der Waals surface area contributed by atoms with Crippen LogP contribution in [0.1, 0.15) is 33.6 Å². The van der Waals surface area contributed by atoms with Crippen LogP contribution in [0.3, 0.4) is 0 Å². The SMILES string of the molecule is CC(C)O[C@@H]1CCN[C@@H](C)C1. The van der Waals surface area contributed by atoms with Gasteiger partial charge in [0.05, 0.1) is 12.2 Å². The molecule has 0 bridgehead atoms. The van der Waals surface area contributed by atoms with E-state index in [-0.39, 0.29) is 0 Å². The van der Waals surface area contributed by atoms with E-state index in [1.807, 2.05) is 0 Å². The number of rotatable bonds is 2. The zero-order chi connectivity index (χ0) is 8.27. The van der Waals surface area contributed by atoms with E-state index >= 15 is 0 Å². The molecule has 0 amide bonds. The average molecular weight is 157 g/mol. The fourth-order valence-corrected chi connectivity index (χ4v) is 1.59. The van der Waals surface area contributed by atoms with Crippen molar-refractivity contribution in [1.82, 2.24) is 5.32 Å². The van der Waals surface area contributed by atoms with Gasteiger partial charge in [-0.25, -0.2) is 0 Å². The molecule has 0 spiro atoms. The molecule has 2 nitrogen and oxygen atoms in total. The van der Waals surface area contributed by atoms with Gasteiger partial charge >= 0.3 is 0 Å². The predicted octanol–water partition coefficient (Wildman–Crippen LogP) is 1.55. The molecule has 1 N–H and O–H groups in total. The van der Waals surface area contributed by atoms with Crippen LogP contribution in [0.2, 0.25) is 0 Å². The topological polar surface area (TPSA) is 21.3 Å². The average Bonchev–Trinajstić information content (AvgIpc) is 1.85. The molecule has 1 fully saturated rings. The molecule has 0 radical (unpaired) electrons. The highest BCUT2D eigenvalue weighted by Gasteiger charge is 2.19. The van der Waals surface area contributed by atoms with Gasteiger partial charge < -0.3 is 10.1 Å². The fraction of sp³-hybridized carbons (Fsp3) is 1.00. The molecule has 0 saturated carbocycles. The van der Waals surface area contributed by atoms with Gasteiger partial charge in [-0.1, -0.05) is 0 Å². The Bertz CT molecular complexity index is 112. The smallest absolute Gasteiger partial charge is 0.0605 e. The van der Waals surface area contributed by atoms with Crippen molar-refractivity contribution in [3.63, 3.8) is 0 Å². The molecule has 1 rings (SSSR count). The van der Waals surface area contributed by atoms with Crippen LogP contribution in [-0.2, 0) is 4.74 Å². The first-order valence-electron chi connectivity index (χ1n) is 4.57. The van der Waals surface area contributed by atoms with Crippen molar-refractivity contribution in [3.8, 4) is 0 Å². The normalized spacial score (nSPS) is 32.7. The molecule has 1 aliphatic rings. The Labute approximate surface area is 69.3 Å². The van der Waals surface area contributed by atoms with E-state index in [0.29, 0.717) is 18.2 Å². The summed E-state index contributed by atoms with van der Waals surface area (Å²) in [7, 11) is 0. The zero-order valence-corrected chi connectivity index (χ0v) is 7.76. The zero-order valence-electron chi connectivity index (χ0n) is 7.76. The number of piperidine rings is 1. The van der Waals surface area contributed by atoms with Gasteiger partial charge in [-0.2, -0.15) is 0 Å². The quantitative estimate of drug-likeness (QED) is 0.656. The Morgan fingerprint density at radius 1 is 1.45 bits per heavy atom. The van der Waals surface area contributed by atoms with Gasteiger partial charge in [-0.05, 0) is 40.2 Å². The van der Waals surface area contributed by atoms with Gasteiger partial charge in [0.15, 0.2) is 0 Å². The lowest BCUT2D eigenvalue weighted by Gasteiger charge is -2.29. The lowest BCUT2D eigenvalue weighted by atomic mass is 10.0. The van der Waals surface area contributed by atoms with Crippen LogP contribution in [0.15, 0.2) is 0 Å². The van der Waals surface area contributed by atoms with Crippen LogP contribution in [0.4, 0.5) is 0 Å². The predicted molar refractivity (Wildman–Crippen MR) is 46.7 cm³/mol. The van der Waals surface area contributed by atoms with Crippen molar-refractivity contribution in [1.29, 1.82) is 0 Å². The van der Waals surface area contributed by atoms with E-state index in [1.165, 1.54) is 6.42 Å². The molecule has 0 aromatic heterocycles. The molecule has 0 aromatic carbocycles. The number of hydrogen-bond acceptors (Lipinski definition) is 2. The Balaban J connectivity index is 2.23. The first-order valence-corrected chi connectivity index (χ1v) is 4.57. The maximum atomic E-state index is 5.72. The Morgan fingerprint density at radius 3 is 2.73 bits per heavy atom. The molecule has 2 heteroatoms. The van der Waals surface area contributed by atoms with Crippen LogP contribution in [0.25, 0.3) is 0 Å². The van der Waals surface area contributed by atoms with E-state index in [1.54, 1.807) is 0 Å². The summed E-state index contributed by atoms with van der Waals surface area (Å²) >= 11 is 0. The molecular weight excluding hydrogens is 138 g/mol. The van der Waals surface area contributed by atoms with Gasteiger partial charge in [-0.15, -0.1) is 0 Å². The molecule has 1 heterocycles. The third-order valence-electron chi connectivity index (χ3n) is 2.04. The summed E-state index contributed by atoms with van der Waals surface area (Å²) in [6.45, 7) is 7.54. The van der Waals surface area contributed by atoms with Crippen LogP contribution in [0.5, 0.6) is 0 Å². The summed E-state index contributed by atoms with van der Waals surface area (Å²) in [6, 6.07) is 0.632. The van der Waals surface area contributed by atoms with Crippen molar-refractivity contribution in [2.75, 3.05) is 6.54 Å². The highest BCUT2D eigenvalue weighted by molar-refractivity contribution is 4.75. The molecular formula is C9H19NO. The Hall–Kier alpha value is -0.0800. The summed E-state index contributed by atoms with van der Waals surface area (Å²) < 4.78 is 5.72. The summed E-state index contributed by atoms with van der Waals surface area (Å²) in [6.07, 6.45) is 3.21. The summed E-state index contributed by atoms with van der Waals surface area (Å²) in [4.78, 5) is 0. The summed E-state index contributed by atoms with van der Waals surface area (Å²) in [5.74, 6) is 0. The summed E-state index contributed by atoms with van der Waals surface area (Å²) in [5, 5.41) is 3.41. The van der Waals surface area contributed by atoms with Gasteiger partial charge in [0.1, 0.15) is 0 Å². The van der Waals surface area contributed by atoms with Crippen molar-refractivity contribution in [2.24, 2.45) is 0 Å². The first-order chi connectivity index (χ1) is 5.18. The number of ether oxygens (including phenoxy) is 1. The number of nitrogens with one attached hydrogen (secondary N) is 1. The van der Waals surface area contributed by atoms with Crippen molar-refractivity contribution >= 4 is 0 Å². The second-order valence-corrected chi connectivity index (χ2v) is 3.69. The molecule has 11 heavy (non-hydrogen) atoms. The maximum Gasteiger partial charge on any atom is 0.0605 e. The lowest BCUT2D eigenvalue weighted by molar-refractivity contribution is -0.0150. The van der Waals surface area contributed by atoms with Gasteiger partial charge in [-0.3, -0.25) is 0 Å². The third kappa shape index (κ3) is 3.21. The van der Waals surface area contributed by atoms with Crippen LogP contribution in [0, 0.1) is 0 Å². The maximum absolute atomic E-state index is 5.72. The molecule has 66 valence electrons. The van der Waals surface area contributed by atoms with E-state index in [2.05, 4.69) is 26.1 Å². The highest BCUT2D eigenvalue weighted by atomic mass is 16.5. The molecule has 1 saturated heterocycles. The minimum absolute atomic E-state index is 0.380. The Kier molecular flexibility index (Phi) is 3.34. The van der Waals surface area contributed by atoms with Gasteiger partial charge in [0, 0.05) is 6.04 Å².